The summed E-state index contributed by atoms with van der Waals surface area (Å²) >= 11 is 0. The Balaban J connectivity index is 1.82. The third kappa shape index (κ3) is 2.54. The first-order valence-electron chi connectivity index (χ1n) is 5.38. The molecule has 0 bridgehead atoms. The van der Waals surface area contributed by atoms with Crippen LogP contribution in [0.15, 0.2) is 4.52 Å². The highest BCUT2D eigenvalue weighted by Gasteiger charge is 2.32. The van der Waals surface area contributed by atoms with Crippen molar-refractivity contribution in [3.63, 3.8) is 0 Å². The Hall–Kier alpha value is -0.940. The molecule has 1 aliphatic heterocycles. The van der Waals surface area contributed by atoms with Gasteiger partial charge in [0.2, 0.25) is 5.89 Å². The first-order chi connectivity index (χ1) is 7.22. The molecule has 1 aromatic heterocycles. The van der Waals surface area contributed by atoms with Gasteiger partial charge in [0.05, 0.1) is 5.60 Å². The molecule has 5 heteroatoms. The standard InChI is InChI=1S/C10H17N3O2/c1-3-4-9-12-8(13-15-9)5-14-10(2)6-11-7-10/h11H,3-7H2,1-2H3. The van der Waals surface area contributed by atoms with Crippen LogP contribution in [0, 0.1) is 0 Å². The Morgan fingerprint density at radius 1 is 1.53 bits per heavy atom. The van der Waals surface area contributed by atoms with Gasteiger partial charge in [-0.15, -0.1) is 0 Å². The minimum Gasteiger partial charge on any atom is -0.365 e. The monoisotopic (exact) mass is 211 g/mol. The van der Waals surface area contributed by atoms with E-state index in [2.05, 4.69) is 29.3 Å². The molecule has 84 valence electrons. The first kappa shape index (κ1) is 10.6. The molecule has 0 aromatic carbocycles. The van der Waals surface area contributed by atoms with Crippen molar-refractivity contribution in [2.45, 2.75) is 38.9 Å². The zero-order valence-corrected chi connectivity index (χ0v) is 9.25. The minimum absolute atomic E-state index is 0.0500. The number of aryl methyl sites for hydroxylation is 1. The SMILES string of the molecule is CCCc1nc(COC2(C)CNC2)no1. The number of ether oxygens (including phenoxy) is 1. The van der Waals surface area contributed by atoms with Crippen LogP contribution >= 0.6 is 0 Å². The van der Waals surface area contributed by atoms with Gasteiger partial charge in [0.1, 0.15) is 6.61 Å². The number of rotatable bonds is 5. The van der Waals surface area contributed by atoms with E-state index in [1.54, 1.807) is 0 Å². The number of hydrogen-bond donors (Lipinski definition) is 1. The molecule has 0 radical (unpaired) electrons. The topological polar surface area (TPSA) is 60.2 Å². The van der Waals surface area contributed by atoms with E-state index >= 15 is 0 Å². The highest BCUT2D eigenvalue weighted by molar-refractivity contribution is 4.92. The lowest BCUT2D eigenvalue weighted by molar-refractivity contribution is -0.0793. The molecule has 0 atom stereocenters. The maximum Gasteiger partial charge on any atom is 0.226 e. The Kier molecular flexibility index (Phi) is 3.02. The summed E-state index contributed by atoms with van der Waals surface area (Å²) in [6.07, 6.45) is 1.86. The summed E-state index contributed by atoms with van der Waals surface area (Å²) < 4.78 is 10.8. The van der Waals surface area contributed by atoms with Crippen LogP contribution in [0.2, 0.25) is 0 Å². The van der Waals surface area contributed by atoms with Gasteiger partial charge < -0.3 is 14.6 Å². The molecule has 15 heavy (non-hydrogen) atoms. The Morgan fingerprint density at radius 2 is 2.33 bits per heavy atom. The fourth-order valence-electron chi connectivity index (χ4n) is 1.48. The zero-order valence-electron chi connectivity index (χ0n) is 9.25. The van der Waals surface area contributed by atoms with E-state index < -0.39 is 0 Å². The maximum absolute atomic E-state index is 5.70. The molecule has 1 saturated heterocycles. The minimum atomic E-state index is -0.0500. The Morgan fingerprint density at radius 3 is 2.93 bits per heavy atom. The average molecular weight is 211 g/mol. The summed E-state index contributed by atoms with van der Waals surface area (Å²) in [4.78, 5) is 4.24. The molecule has 1 N–H and O–H groups in total. The van der Waals surface area contributed by atoms with Gasteiger partial charge in [-0.25, -0.2) is 0 Å². The Labute approximate surface area is 89.2 Å². The number of nitrogens with one attached hydrogen (secondary N) is 1. The summed E-state index contributed by atoms with van der Waals surface area (Å²) in [7, 11) is 0. The van der Waals surface area contributed by atoms with Crippen molar-refractivity contribution in [2.75, 3.05) is 13.1 Å². The molecule has 0 spiro atoms. The van der Waals surface area contributed by atoms with E-state index in [9.17, 15) is 0 Å². The average Bonchev–Trinajstić information content (AvgIpc) is 2.60. The highest BCUT2D eigenvalue weighted by atomic mass is 16.5. The van der Waals surface area contributed by atoms with Crippen molar-refractivity contribution in [2.24, 2.45) is 0 Å². The van der Waals surface area contributed by atoms with E-state index in [0.717, 1.165) is 25.9 Å². The van der Waals surface area contributed by atoms with Crippen LogP contribution in [0.5, 0.6) is 0 Å². The highest BCUT2D eigenvalue weighted by Crippen LogP contribution is 2.16. The molecule has 2 rings (SSSR count). The molecule has 0 aliphatic carbocycles. The summed E-state index contributed by atoms with van der Waals surface area (Å²) in [6.45, 7) is 6.39. The predicted octanol–water partition coefficient (Wildman–Crippen LogP) is 0.901. The van der Waals surface area contributed by atoms with Gasteiger partial charge in [0.25, 0.3) is 0 Å². The van der Waals surface area contributed by atoms with Crippen molar-refractivity contribution in [1.29, 1.82) is 0 Å². The van der Waals surface area contributed by atoms with Crippen LogP contribution in [0.25, 0.3) is 0 Å². The lowest BCUT2D eigenvalue weighted by atomic mass is 10.0. The van der Waals surface area contributed by atoms with Gasteiger partial charge in [0, 0.05) is 19.5 Å². The van der Waals surface area contributed by atoms with Gasteiger partial charge in [-0.05, 0) is 13.3 Å². The van der Waals surface area contributed by atoms with E-state index in [4.69, 9.17) is 9.26 Å². The summed E-state index contributed by atoms with van der Waals surface area (Å²) in [5.74, 6) is 1.35. The van der Waals surface area contributed by atoms with Crippen molar-refractivity contribution in [3.05, 3.63) is 11.7 Å². The molecule has 1 aliphatic rings. The lowest BCUT2D eigenvalue weighted by Gasteiger charge is -2.38. The largest absolute Gasteiger partial charge is 0.365 e. The molecule has 0 saturated carbocycles. The van der Waals surface area contributed by atoms with Crippen molar-refractivity contribution >= 4 is 0 Å². The number of aromatic nitrogens is 2. The van der Waals surface area contributed by atoms with Crippen molar-refractivity contribution in [3.8, 4) is 0 Å². The van der Waals surface area contributed by atoms with Gasteiger partial charge in [-0.3, -0.25) is 0 Å². The quantitative estimate of drug-likeness (QED) is 0.784. The van der Waals surface area contributed by atoms with Crippen LogP contribution in [0.4, 0.5) is 0 Å². The van der Waals surface area contributed by atoms with Gasteiger partial charge >= 0.3 is 0 Å². The third-order valence-corrected chi connectivity index (χ3v) is 2.52. The second kappa shape index (κ2) is 4.28. The second-order valence-corrected chi connectivity index (χ2v) is 4.20. The second-order valence-electron chi connectivity index (χ2n) is 4.20. The summed E-state index contributed by atoms with van der Waals surface area (Å²) in [6, 6.07) is 0. The molecule has 0 amide bonds. The Bertz CT molecular complexity index is 320. The molecule has 5 nitrogen and oxygen atoms in total. The van der Waals surface area contributed by atoms with Crippen LogP contribution < -0.4 is 5.32 Å². The maximum atomic E-state index is 5.70. The van der Waals surface area contributed by atoms with Crippen LogP contribution in [-0.4, -0.2) is 28.8 Å². The first-order valence-corrected chi connectivity index (χ1v) is 5.38. The third-order valence-electron chi connectivity index (χ3n) is 2.52. The van der Waals surface area contributed by atoms with E-state index in [1.165, 1.54) is 0 Å². The van der Waals surface area contributed by atoms with Gasteiger partial charge in [-0.2, -0.15) is 4.98 Å². The molecule has 0 unspecified atom stereocenters. The van der Waals surface area contributed by atoms with Crippen LogP contribution in [-0.2, 0) is 17.8 Å². The molecular formula is C10H17N3O2. The fraction of sp³-hybridized carbons (Fsp3) is 0.800. The lowest BCUT2D eigenvalue weighted by Crippen LogP contribution is -2.58. The molecule has 1 fully saturated rings. The van der Waals surface area contributed by atoms with Crippen LogP contribution in [0.1, 0.15) is 32.0 Å². The van der Waals surface area contributed by atoms with E-state index in [-0.39, 0.29) is 5.60 Å². The van der Waals surface area contributed by atoms with Gasteiger partial charge in [0.15, 0.2) is 5.82 Å². The van der Waals surface area contributed by atoms with Crippen LogP contribution in [0.3, 0.4) is 0 Å². The molecular weight excluding hydrogens is 194 g/mol. The summed E-state index contributed by atoms with van der Waals surface area (Å²) in [5, 5.41) is 7.04. The van der Waals surface area contributed by atoms with Crippen molar-refractivity contribution < 1.29 is 9.26 Å². The van der Waals surface area contributed by atoms with E-state index in [1.807, 2.05) is 0 Å². The summed E-state index contributed by atoms with van der Waals surface area (Å²) in [5.41, 5.74) is -0.0500. The predicted molar refractivity (Wildman–Crippen MR) is 54.4 cm³/mol. The van der Waals surface area contributed by atoms with Crippen molar-refractivity contribution in [1.82, 2.24) is 15.5 Å². The number of nitrogens with zero attached hydrogens (tertiary/aromatic N) is 2. The molecule has 1 aromatic rings. The van der Waals surface area contributed by atoms with E-state index in [0.29, 0.717) is 18.3 Å². The zero-order chi connectivity index (χ0) is 10.7. The normalized spacial score (nSPS) is 18.8. The molecule has 2 heterocycles. The van der Waals surface area contributed by atoms with Gasteiger partial charge in [-0.1, -0.05) is 12.1 Å². The smallest absolute Gasteiger partial charge is 0.226 e. The number of hydrogen-bond acceptors (Lipinski definition) is 5. The fourth-order valence-corrected chi connectivity index (χ4v) is 1.48.